The number of hydrogen-bond acceptors (Lipinski definition) is 4. The van der Waals surface area contributed by atoms with Gasteiger partial charge in [-0.25, -0.2) is 0 Å². The number of aliphatic hydroxyl groups excluding tert-OH is 1. The second kappa shape index (κ2) is 4.09. The van der Waals surface area contributed by atoms with Crippen molar-refractivity contribution in [1.29, 1.82) is 0 Å². The Bertz CT molecular complexity index is 145. The molecule has 2 N–H and O–H groups in total. The van der Waals surface area contributed by atoms with Gasteiger partial charge in [0.15, 0.2) is 5.78 Å². The standard InChI is InChI=1S/C7H13NO2S/c1-2-6(9)7(10)5-3-11-4-8-5/h5,7-8,10H,2-4H2,1H3. The van der Waals surface area contributed by atoms with E-state index < -0.39 is 6.10 Å². The fourth-order valence-corrected chi connectivity index (χ4v) is 2.05. The van der Waals surface area contributed by atoms with Gasteiger partial charge in [-0.05, 0) is 0 Å². The highest BCUT2D eigenvalue weighted by Gasteiger charge is 2.27. The van der Waals surface area contributed by atoms with Gasteiger partial charge in [0.05, 0.1) is 0 Å². The molecule has 0 aromatic rings. The highest BCUT2D eigenvalue weighted by atomic mass is 32.2. The minimum Gasteiger partial charge on any atom is -0.384 e. The molecule has 0 saturated carbocycles. The zero-order valence-electron chi connectivity index (χ0n) is 6.54. The van der Waals surface area contributed by atoms with Gasteiger partial charge in [-0.15, -0.1) is 11.8 Å². The molecule has 1 aliphatic heterocycles. The van der Waals surface area contributed by atoms with E-state index in [0.29, 0.717) is 6.42 Å². The van der Waals surface area contributed by atoms with Crippen molar-refractivity contribution in [1.82, 2.24) is 5.32 Å². The summed E-state index contributed by atoms with van der Waals surface area (Å²) in [7, 11) is 0. The third kappa shape index (κ3) is 2.18. The van der Waals surface area contributed by atoms with E-state index in [4.69, 9.17) is 0 Å². The fraction of sp³-hybridized carbons (Fsp3) is 0.857. The summed E-state index contributed by atoms with van der Waals surface area (Å²) in [6.07, 6.45) is -0.376. The molecule has 0 aromatic carbocycles. The van der Waals surface area contributed by atoms with Crippen LogP contribution in [-0.2, 0) is 4.79 Å². The average molecular weight is 175 g/mol. The lowest BCUT2D eigenvalue weighted by molar-refractivity contribution is -0.127. The normalized spacial score (nSPS) is 26.9. The molecule has 1 aliphatic rings. The van der Waals surface area contributed by atoms with Crippen molar-refractivity contribution in [3.05, 3.63) is 0 Å². The number of carbonyl (C=O) groups excluding carboxylic acids is 1. The van der Waals surface area contributed by atoms with E-state index in [2.05, 4.69) is 5.32 Å². The summed E-state index contributed by atoms with van der Waals surface area (Å²) in [5, 5.41) is 12.5. The molecule has 1 fully saturated rings. The summed E-state index contributed by atoms with van der Waals surface area (Å²) in [6.45, 7) is 1.77. The first kappa shape index (κ1) is 9.03. The Hall–Kier alpha value is -0.0600. The Labute approximate surface area is 70.6 Å². The maximum atomic E-state index is 11.0. The van der Waals surface area contributed by atoms with E-state index in [-0.39, 0.29) is 11.8 Å². The fourth-order valence-electron chi connectivity index (χ4n) is 1.05. The Morgan fingerprint density at radius 2 is 2.64 bits per heavy atom. The first-order valence-corrected chi connectivity index (χ1v) is 4.93. The van der Waals surface area contributed by atoms with Crippen LogP contribution in [-0.4, -0.2) is 34.7 Å². The second-order valence-electron chi connectivity index (χ2n) is 2.59. The van der Waals surface area contributed by atoms with Crippen molar-refractivity contribution in [2.45, 2.75) is 25.5 Å². The molecular formula is C7H13NO2S. The molecule has 0 spiro atoms. The van der Waals surface area contributed by atoms with Crippen LogP contribution in [0.5, 0.6) is 0 Å². The predicted molar refractivity (Wildman–Crippen MR) is 45.6 cm³/mol. The summed E-state index contributed by atoms with van der Waals surface area (Å²) in [5.41, 5.74) is 0. The molecular weight excluding hydrogens is 162 g/mol. The molecule has 0 amide bonds. The smallest absolute Gasteiger partial charge is 0.162 e. The van der Waals surface area contributed by atoms with E-state index in [9.17, 15) is 9.90 Å². The highest BCUT2D eigenvalue weighted by molar-refractivity contribution is 7.99. The van der Waals surface area contributed by atoms with Crippen LogP contribution in [0.25, 0.3) is 0 Å². The Morgan fingerprint density at radius 3 is 3.09 bits per heavy atom. The molecule has 1 saturated heterocycles. The van der Waals surface area contributed by atoms with E-state index in [1.54, 1.807) is 18.7 Å². The van der Waals surface area contributed by atoms with E-state index in [1.807, 2.05) is 0 Å². The van der Waals surface area contributed by atoms with Crippen LogP contribution in [0.15, 0.2) is 0 Å². The first-order chi connectivity index (χ1) is 5.25. The summed E-state index contributed by atoms with van der Waals surface area (Å²) < 4.78 is 0. The van der Waals surface area contributed by atoms with Gasteiger partial charge in [-0.2, -0.15) is 0 Å². The van der Waals surface area contributed by atoms with E-state index in [0.717, 1.165) is 11.6 Å². The highest BCUT2D eigenvalue weighted by Crippen LogP contribution is 2.13. The molecule has 3 nitrogen and oxygen atoms in total. The van der Waals surface area contributed by atoms with Crippen molar-refractivity contribution >= 4 is 17.5 Å². The predicted octanol–water partition coefficient (Wildman–Crippen LogP) is -0.0111. The quantitative estimate of drug-likeness (QED) is 0.633. The average Bonchev–Trinajstić information content (AvgIpc) is 2.53. The van der Waals surface area contributed by atoms with Crippen molar-refractivity contribution in [3.8, 4) is 0 Å². The minimum absolute atomic E-state index is 0.0209. The number of hydrogen-bond donors (Lipinski definition) is 2. The van der Waals surface area contributed by atoms with Crippen LogP contribution in [0.4, 0.5) is 0 Å². The van der Waals surface area contributed by atoms with Gasteiger partial charge in [-0.1, -0.05) is 6.92 Å². The molecule has 0 aromatic heterocycles. The second-order valence-corrected chi connectivity index (χ2v) is 3.62. The van der Waals surface area contributed by atoms with Gasteiger partial charge in [0.25, 0.3) is 0 Å². The molecule has 4 heteroatoms. The van der Waals surface area contributed by atoms with Gasteiger partial charge < -0.3 is 10.4 Å². The third-order valence-electron chi connectivity index (χ3n) is 1.80. The number of nitrogens with one attached hydrogen (secondary N) is 1. The van der Waals surface area contributed by atoms with Gasteiger partial charge in [0.2, 0.25) is 0 Å². The SMILES string of the molecule is CCC(=O)C(O)C1CSCN1. The topological polar surface area (TPSA) is 49.3 Å². The van der Waals surface area contributed by atoms with Crippen LogP contribution < -0.4 is 5.32 Å². The van der Waals surface area contributed by atoms with Crippen LogP contribution in [0.1, 0.15) is 13.3 Å². The Balaban J connectivity index is 2.39. The number of ketones is 1. The van der Waals surface area contributed by atoms with Crippen LogP contribution in [0, 0.1) is 0 Å². The number of aliphatic hydroxyl groups is 1. The minimum atomic E-state index is -0.796. The molecule has 1 heterocycles. The van der Waals surface area contributed by atoms with E-state index >= 15 is 0 Å². The number of Topliss-reactive ketones (excluding diaryl/α,β-unsaturated/α-hetero) is 1. The zero-order chi connectivity index (χ0) is 8.27. The van der Waals surface area contributed by atoms with Gasteiger partial charge in [-0.3, -0.25) is 4.79 Å². The molecule has 2 atom stereocenters. The first-order valence-electron chi connectivity index (χ1n) is 3.77. The molecule has 0 radical (unpaired) electrons. The van der Waals surface area contributed by atoms with Crippen LogP contribution >= 0.6 is 11.8 Å². The van der Waals surface area contributed by atoms with Crippen LogP contribution in [0.2, 0.25) is 0 Å². The number of carbonyl (C=O) groups is 1. The molecule has 0 aliphatic carbocycles. The third-order valence-corrected chi connectivity index (χ3v) is 2.77. The monoisotopic (exact) mass is 175 g/mol. The van der Waals surface area contributed by atoms with E-state index in [1.165, 1.54) is 0 Å². The largest absolute Gasteiger partial charge is 0.384 e. The van der Waals surface area contributed by atoms with Gasteiger partial charge in [0, 0.05) is 24.1 Å². The molecule has 2 unspecified atom stereocenters. The lowest BCUT2D eigenvalue weighted by Crippen LogP contribution is -2.41. The summed E-state index contributed by atoms with van der Waals surface area (Å²) >= 11 is 1.72. The van der Waals surface area contributed by atoms with Crippen molar-refractivity contribution in [2.24, 2.45) is 0 Å². The van der Waals surface area contributed by atoms with Crippen molar-refractivity contribution in [2.75, 3.05) is 11.6 Å². The molecule has 11 heavy (non-hydrogen) atoms. The number of rotatable bonds is 3. The van der Waals surface area contributed by atoms with Crippen molar-refractivity contribution < 1.29 is 9.90 Å². The lowest BCUT2D eigenvalue weighted by Gasteiger charge is -2.14. The summed E-state index contributed by atoms with van der Waals surface area (Å²) in [4.78, 5) is 11.0. The van der Waals surface area contributed by atoms with Gasteiger partial charge in [0.1, 0.15) is 6.10 Å². The summed E-state index contributed by atoms with van der Waals surface area (Å²) in [5.74, 6) is 1.62. The maximum Gasteiger partial charge on any atom is 0.162 e. The maximum absolute atomic E-state index is 11.0. The molecule has 0 bridgehead atoms. The number of thioether (sulfide) groups is 1. The lowest BCUT2D eigenvalue weighted by atomic mass is 10.1. The molecule has 1 rings (SSSR count). The Morgan fingerprint density at radius 1 is 1.91 bits per heavy atom. The van der Waals surface area contributed by atoms with Gasteiger partial charge >= 0.3 is 0 Å². The molecule has 64 valence electrons. The van der Waals surface area contributed by atoms with Crippen molar-refractivity contribution in [3.63, 3.8) is 0 Å². The Kier molecular flexibility index (Phi) is 3.36. The summed E-state index contributed by atoms with van der Waals surface area (Å²) in [6, 6.07) is -0.0209. The van der Waals surface area contributed by atoms with Crippen LogP contribution in [0.3, 0.4) is 0 Å². The zero-order valence-corrected chi connectivity index (χ0v) is 7.36.